The predicted octanol–water partition coefficient (Wildman–Crippen LogP) is 2.51. The third-order valence-electron chi connectivity index (χ3n) is 1.48. The van der Waals surface area contributed by atoms with Gasteiger partial charge in [0.05, 0.1) is 11.4 Å². The molecule has 0 fully saturated rings. The molecule has 0 unspecified atom stereocenters. The molecular formula is C11H20N2O2. The average Bonchev–Trinajstić information content (AvgIpc) is 2.00. The van der Waals surface area contributed by atoms with Crippen molar-refractivity contribution in [3.05, 3.63) is 12.3 Å². The van der Waals surface area contributed by atoms with Crippen LogP contribution < -0.4 is 5.32 Å². The summed E-state index contributed by atoms with van der Waals surface area (Å²) in [4.78, 5) is 15.4. The van der Waals surface area contributed by atoms with Gasteiger partial charge in [-0.05, 0) is 34.6 Å². The van der Waals surface area contributed by atoms with E-state index in [1.54, 1.807) is 6.92 Å². The number of allylic oxidation sites excluding steroid dienone is 1. The van der Waals surface area contributed by atoms with Crippen LogP contribution in [0.1, 0.15) is 34.6 Å². The molecule has 0 spiro atoms. The molecule has 0 aliphatic carbocycles. The van der Waals surface area contributed by atoms with E-state index in [0.29, 0.717) is 18.0 Å². The fourth-order valence-electron chi connectivity index (χ4n) is 0.850. The Kier molecular flexibility index (Phi) is 5.05. The number of amides is 1. The zero-order valence-electron chi connectivity index (χ0n) is 10.2. The van der Waals surface area contributed by atoms with Crippen molar-refractivity contribution < 1.29 is 9.53 Å². The second-order valence-corrected chi connectivity index (χ2v) is 4.17. The lowest BCUT2D eigenvalue weighted by Gasteiger charge is -2.20. The maximum absolute atomic E-state index is 11.3. The number of hydrogen-bond donors (Lipinski definition) is 1. The molecule has 4 nitrogen and oxygen atoms in total. The third-order valence-corrected chi connectivity index (χ3v) is 1.48. The molecule has 1 amide bonds. The molecule has 0 saturated heterocycles. The zero-order valence-corrected chi connectivity index (χ0v) is 10.2. The minimum Gasteiger partial charge on any atom is -0.444 e. The van der Waals surface area contributed by atoms with Crippen LogP contribution in [0.15, 0.2) is 17.3 Å². The summed E-state index contributed by atoms with van der Waals surface area (Å²) in [6, 6.07) is 0. The lowest BCUT2D eigenvalue weighted by Crippen LogP contribution is -2.33. The van der Waals surface area contributed by atoms with Crippen molar-refractivity contribution in [1.82, 2.24) is 5.32 Å². The van der Waals surface area contributed by atoms with Gasteiger partial charge in [0.2, 0.25) is 0 Å². The summed E-state index contributed by atoms with van der Waals surface area (Å²) in [7, 11) is 0. The summed E-state index contributed by atoms with van der Waals surface area (Å²) in [6.45, 7) is 13.5. The van der Waals surface area contributed by atoms with Crippen LogP contribution in [-0.4, -0.2) is 24.0 Å². The van der Waals surface area contributed by atoms with Gasteiger partial charge >= 0.3 is 6.09 Å². The van der Waals surface area contributed by atoms with Gasteiger partial charge in [0.15, 0.2) is 0 Å². The molecule has 0 aromatic carbocycles. The number of alkyl carbamates (subject to hydrolysis) is 1. The molecule has 0 saturated carbocycles. The van der Waals surface area contributed by atoms with Gasteiger partial charge in [-0.2, -0.15) is 0 Å². The first kappa shape index (κ1) is 13.7. The Morgan fingerprint density at radius 1 is 1.47 bits per heavy atom. The number of nitrogens with one attached hydrogen (secondary N) is 1. The number of nitrogens with zero attached hydrogens (tertiary/aromatic N) is 1. The van der Waals surface area contributed by atoms with E-state index >= 15 is 0 Å². The van der Waals surface area contributed by atoms with Crippen molar-refractivity contribution in [2.24, 2.45) is 4.99 Å². The molecule has 86 valence electrons. The number of ether oxygens (including phenoxy) is 1. The van der Waals surface area contributed by atoms with Gasteiger partial charge in [0.1, 0.15) is 5.60 Å². The number of carbonyl (C=O) groups is 1. The summed E-state index contributed by atoms with van der Waals surface area (Å²) in [5, 5.41) is 2.53. The predicted molar refractivity (Wildman–Crippen MR) is 62.2 cm³/mol. The van der Waals surface area contributed by atoms with Crippen LogP contribution >= 0.6 is 0 Å². The zero-order chi connectivity index (χ0) is 12.1. The van der Waals surface area contributed by atoms with E-state index in [4.69, 9.17) is 4.74 Å². The van der Waals surface area contributed by atoms with Gasteiger partial charge in [-0.15, -0.1) is 0 Å². The Hall–Kier alpha value is -1.32. The van der Waals surface area contributed by atoms with Crippen LogP contribution in [0.3, 0.4) is 0 Å². The molecular weight excluding hydrogens is 192 g/mol. The molecule has 0 heterocycles. The third kappa shape index (κ3) is 6.71. The fourth-order valence-corrected chi connectivity index (χ4v) is 0.850. The quantitative estimate of drug-likeness (QED) is 0.731. The first-order valence-electron chi connectivity index (χ1n) is 4.96. The normalized spacial score (nSPS) is 12.2. The first-order chi connectivity index (χ1) is 6.76. The van der Waals surface area contributed by atoms with E-state index in [2.05, 4.69) is 16.9 Å². The highest BCUT2D eigenvalue weighted by Gasteiger charge is 2.16. The molecule has 0 aromatic heterocycles. The number of aliphatic imine (C=N–C) groups is 1. The largest absolute Gasteiger partial charge is 0.444 e. The molecule has 0 aliphatic heterocycles. The molecule has 4 heteroatoms. The van der Waals surface area contributed by atoms with Crippen molar-refractivity contribution in [2.45, 2.75) is 40.2 Å². The summed E-state index contributed by atoms with van der Waals surface area (Å²) in [5.74, 6) is 0. The summed E-state index contributed by atoms with van der Waals surface area (Å²) in [5.41, 5.74) is 0.689. The maximum atomic E-state index is 11.3. The van der Waals surface area contributed by atoms with Gasteiger partial charge < -0.3 is 4.74 Å². The van der Waals surface area contributed by atoms with Crippen molar-refractivity contribution >= 4 is 11.8 Å². The Labute approximate surface area is 91.4 Å². The number of carbonyl (C=O) groups excluding carboxylic acids is 1. The highest BCUT2D eigenvalue weighted by molar-refractivity contribution is 5.99. The molecule has 0 atom stereocenters. The van der Waals surface area contributed by atoms with E-state index in [1.165, 1.54) is 0 Å². The fraction of sp³-hybridized carbons (Fsp3) is 0.636. The van der Waals surface area contributed by atoms with Gasteiger partial charge in [-0.1, -0.05) is 6.58 Å². The van der Waals surface area contributed by atoms with Gasteiger partial charge in [-0.25, -0.2) is 4.79 Å². The van der Waals surface area contributed by atoms with Crippen LogP contribution in [0, 0.1) is 0 Å². The molecule has 1 N–H and O–H groups in total. The van der Waals surface area contributed by atoms with Gasteiger partial charge in [0, 0.05) is 6.54 Å². The van der Waals surface area contributed by atoms with Gasteiger partial charge in [0.25, 0.3) is 0 Å². The first-order valence-corrected chi connectivity index (χ1v) is 4.96. The minimum absolute atomic E-state index is 0.478. The van der Waals surface area contributed by atoms with E-state index in [-0.39, 0.29) is 0 Å². The van der Waals surface area contributed by atoms with Gasteiger partial charge in [-0.3, -0.25) is 10.3 Å². The highest BCUT2D eigenvalue weighted by atomic mass is 16.6. The topological polar surface area (TPSA) is 50.7 Å². The van der Waals surface area contributed by atoms with Crippen LogP contribution in [0.4, 0.5) is 4.79 Å². The summed E-state index contributed by atoms with van der Waals surface area (Å²) < 4.78 is 5.07. The smallest absolute Gasteiger partial charge is 0.412 e. The molecule has 0 rings (SSSR count). The Morgan fingerprint density at radius 2 is 2.00 bits per heavy atom. The van der Waals surface area contributed by atoms with E-state index < -0.39 is 11.7 Å². The van der Waals surface area contributed by atoms with Crippen molar-refractivity contribution in [3.8, 4) is 0 Å². The van der Waals surface area contributed by atoms with Crippen LogP contribution in [0.5, 0.6) is 0 Å². The van der Waals surface area contributed by atoms with Crippen LogP contribution in [-0.2, 0) is 4.74 Å². The number of rotatable bonds is 3. The molecule has 0 aromatic rings. The monoisotopic (exact) mass is 212 g/mol. The molecule has 0 aliphatic rings. The number of hydrogen-bond acceptors (Lipinski definition) is 3. The SMILES string of the molecule is C=C(NC(=O)OC(C)(C)C)C(C)=NCC. The lowest BCUT2D eigenvalue weighted by molar-refractivity contribution is 0.0549. The van der Waals surface area contributed by atoms with Crippen LogP contribution in [0.25, 0.3) is 0 Å². The standard InChI is InChI=1S/C11H20N2O2/c1-7-12-8(2)9(3)13-10(14)15-11(4,5)6/h3,7H2,1-2,4-6H3,(H,13,14). The molecule has 15 heavy (non-hydrogen) atoms. The molecule has 0 radical (unpaired) electrons. The Balaban J connectivity index is 4.20. The summed E-state index contributed by atoms with van der Waals surface area (Å²) in [6.07, 6.45) is -0.502. The summed E-state index contributed by atoms with van der Waals surface area (Å²) >= 11 is 0. The second kappa shape index (κ2) is 5.53. The molecule has 0 bridgehead atoms. The van der Waals surface area contributed by atoms with Crippen molar-refractivity contribution in [3.63, 3.8) is 0 Å². The second-order valence-electron chi connectivity index (χ2n) is 4.17. The van der Waals surface area contributed by atoms with Crippen molar-refractivity contribution in [1.29, 1.82) is 0 Å². The highest BCUT2D eigenvalue weighted by Crippen LogP contribution is 2.07. The lowest BCUT2D eigenvalue weighted by atomic mass is 10.2. The maximum Gasteiger partial charge on any atom is 0.412 e. The minimum atomic E-state index is -0.502. The van der Waals surface area contributed by atoms with Crippen LogP contribution in [0.2, 0.25) is 0 Å². The van der Waals surface area contributed by atoms with Crippen molar-refractivity contribution in [2.75, 3.05) is 6.54 Å². The average molecular weight is 212 g/mol. The Bertz CT molecular complexity index is 275. The Morgan fingerprint density at radius 3 is 2.40 bits per heavy atom. The van der Waals surface area contributed by atoms with E-state index in [9.17, 15) is 4.79 Å². The van der Waals surface area contributed by atoms with E-state index in [1.807, 2.05) is 27.7 Å². The van der Waals surface area contributed by atoms with E-state index in [0.717, 1.165) is 0 Å².